The van der Waals surface area contributed by atoms with E-state index in [1.165, 1.54) is 16.7 Å². The van der Waals surface area contributed by atoms with Crippen LogP contribution in [-0.2, 0) is 30.1 Å². The molecule has 2 radical (unpaired) electrons. The lowest BCUT2D eigenvalue weighted by Crippen LogP contribution is -2.35. The molecule has 1 aliphatic carbocycles. The van der Waals surface area contributed by atoms with Crippen LogP contribution in [0, 0.1) is 21.0 Å². The van der Waals surface area contributed by atoms with Crippen LogP contribution in [0.25, 0.3) is 28.0 Å². The molecule has 0 fully saturated rings. The topological polar surface area (TPSA) is 64.6 Å². The molecule has 7 heteroatoms. The van der Waals surface area contributed by atoms with Crippen LogP contribution in [0.2, 0.25) is 0 Å². The van der Waals surface area contributed by atoms with Crippen molar-refractivity contribution in [3.05, 3.63) is 137 Å². The molecule has 0 amide bonds. The lowest BCUT2D eigenvalue weighted by Gasteiger charge is -2.39. The summed E-state index contributed by atoms with van der Waals surface area (Å²) >= 11 is 0. The molecule has 2 aliphatic rings. The molecule has 51 heavy (non-hydrogen) atoms. The van der Waals surface area contributed by atoms with Gasteiger partial charge in [0.25, 0.3) is 0 Å². The van der Waals surface area contributed by atoms with Gasteiger partial charge in [-0.05, 0) is 79.3 Å². The molecular weight excluding hydrogens is 640 g/mol. The van der Waals surface area contributed by atoms with Crippen LogP contribution in [0.1, 0.15) is 45.9 Å². The molecule has 0 spiro atoms. The van der Waals surface area contributed by atoms with E-state index in [0.717, 1.165) is 61.4 Å². The third-order valence-corrected chi connectivity index (χ3v) is 10.0. The molecule has 0 bridgehead atoms. The van der Waals surface area contributed by atoms with Crippen molar-refractivity contribution in [1.29, 1.82) is 0 Å². The van der Waals surface area contributed by atoms with Crippen molar-refractivity contribution in [2.45, 2.75) is 32.0 Å². The van der Waals surface area contributed by atoms with Gasteiger partial charge in [0, 0.05) is 27.6 Å². The smallest absolute Gasteiger partial charge is 0.178 e. The second-order valence-electron chi connectivity index (χ2n) is 13.2. The van der Waals surface area contributed by atoms with Crippen LogP contribution in [0.4, 0.5) is 0 Å². The zero-order valence-electron chi connectivity index (χ0n) is 29.9. The van der Waals surface area contributed by atoms with Gasteiger partial charge in [0.2, 0.25) is 0 Å². The Balaban J connectivity index is 1.36. The van der Waals surface area contributed by atoms with E-state index >= 15 is 0 Å². The fourth-order valence-corrected chi connectivity index (χ4v) is 7.48. The molecule has 1 unspecified atom stereocenters. The van der Waals surface area contributed by atoms with Gasteiger partial charge in [0.1, 0.15) is 30.0 Å². The molecular formula is C44H44O7. The van der Waals surface area contributed by atoms with Gasteiger partial charge in [-0.2, -0.15) is 0 Å². The lowest BCUT2D eigenvalue weighted by atomic mass is 9.80. The van der Waals surface area contributed by atoms with Gasteiger partial charge < -0.3 is 33.2 Å². The largest absolute Gasteiger partial charge is 0.497 e. The van der Waals surface area contributed by atoms with Crippen molar-refractivity contribution in [3.63, 3.8) is 0 Å². The van der Waals surface area contributed by atoms with E-state index in [1.54, 1.807) is 14.2 Å². The standard InChI is InChI=1S/C44H44O7/c1-29-7-17-35-38(27-29)42-37(19-20-44(51-42,31-9-13-33(46-5)14-10-31)32-11-15-34(47-6)16-12-32)41-40(35)36-18-8-30(2)28-39(36)43(41,3)50-26-25-49-24-23-48-22-21-45-4/h4,7-20,27-28H,21-26H2,1-3,5-6H3. The Hall–Kier alpha value is -4.66. The Bertz CT molecular complexity index is 2000. The highest BCUT2D eigenvalue weighted by molar-refractivity contribution is 6.08. The van der Waals surface area contributed by atoms with Crippen molar-refractivity contribution in [2.24, 2.45) is 0 Å². The number of hydrogen-bond donors (Lipinski definition) is 0. The van der Waals surface area contributed by atoms with E-state index in [4.69, 9.17) is 35.5 Å². The van der Waals surface area contributed by atoms with Crippen molar-refractivity contribution in [1.82, 2.24) is 0 Å². The van der Waals surface area contributed by atoms with Crippen LogP contribution in [-0.4, -0.2) is 53.9 Å². The minimum absolute atomic E-state index is 0.345. The average Bonchev–Trinajstić information content (AvgIpc) is 3.41. The molecule has 262 valence electrons. The summed E-state index contributed by atoms with van der Waals surface area (Å²) in [6.45, 7) is 8.91. The Morgan fingerprint density at radius 3 is 1.88 bits per heavy atom. The summed E-state index contributed by atoms with van der Waals surface area (Å²) in [4.78, 5) is 0. The highest BCUT2D eigenvalue weighted by atomic mass is 16.6. The molecule has 1 aliphatic heterocycles. The van der Waals surface area contributed by atoms with Crippen molar-refractivity contribution in [3.8, 4) is 28.4 Å². The number of benzene rings is 5. The molecule has 1 heterocycles. The van der Waals surface area contributed by atoms with Gasteiger partial charge >= 0.3 is 0 Å². The Labute approximate surface area is 300 Å². The number of hydrogen-bond acceptors (Lipinski definition) is 7. The van der Waals surface area contributed by atoms with Gasteiger partial charge in [-0.25, -0.2) is 0 Å². The quantitative estimate of drug-likeness (QED) is 0.108. The summed E-state index contributed by atoms with van der Waals surface area (Å²) in [5.74, 6) is 2.37. The zero-order chi connectivity index (χ0) is 35.6. The van der Waals surface area contributed by atoms with E-state index in [2.05, 4.69) is 98.3 Å². The highest BCUT2D eigenvalue weighted by Gasteiger charge is 2.47. The van der Waals surface area contributed by atoms with Crippen molar-refractivity contribution < 1.29 is 33.2 Å². The van der Waals surface area contributed by atoms with Crippen LogP contribution in [0.5, 0.6) is 17.2 Å². The molecule has 5 aromatic rings. The van der Waals surface area contributed by atoms with E-state index < -0.39 is 11.2 Å². The maximum atomic E-state index is 7.47. The second-order valence-corrected chi connectivity index (χ2v) is 13.2. The lowest BCUT2D eigenvalue weighted by molar-refractivity contribution is -0.0433. The van der Waals surface area contributed by atoms with Crippen molar-refractivity contribution >= 4 is 16.8 Å². The first-order chi connectivity index (χ1) is 24.8. The molecule has 7 nitrogen and oxygen atoms in total. The number of methoxy groups -OCH3 is 2. The summed E-state index contributed by atoms with van der Waals surface area (Å²) in [5.41, 5.74) is 8.15. The molecule has 5 aromatic carbocycles. The summed E-state index contributed by atoms with van der Waals surface area (Å²) in [6.07, 6.45) is 4.40. The predicted molar refractivity (Wildman–Crippen MR) is 200 cm³/mol. The average molecular weight is 685 g/mol. The number of rotatable bonds is 14. The fraction of sp³-hybridized carbons (Fsp3) is 0.295. The van der Waals surface area contributed by atoms with Gasteiger partial charge in [-0.1, -0.05) is 71.8 Å². The monoisotopic (exact) mass is 684 g/mol. The summed E-state index contributed by atoms with van der Waals surface area (Å²) in [6, 6.07) is 29.5. The molecule has 0 saturated carbocycles. The third kappa shape index (κ3) is 6.29. The van der Waals surface area contributed by atoms with E-state index in [9.17, 15) is 0 Å². The van der Waals surface area contributed by atoms with Crippen LogP contribution < -0.4 is 14.2 Å². The summed E-state index contributed by atoms with van der Waals surface area (Å²) in [7, 11) is 8.43. The van der Waals surface area contributed by atoms with Crippen molar-refractivity contribution in [2.75, 3.05) is 53.9 Å². The minimum atomic E-state index is -0.929. The third-order valence-electron chi connectivity index (χ3n) is 10.0. The highest BCUT2D eigenvalue weighted by Crippen LogP contribution is 2.58. The molecule has 0 N–H and O–H groups in total. The molecule has 1 atom stereocenters. The fourth-order valence-electron chi connectivity index (χ4n) is 7.48. The molecule has 0 saturated heterocycles. The van der Waals surface area contributed by atoms with E-state index in [-0.39, 0.29) is 0 Å². The number of ether oxygens (including phenoxy) is 7. The van der Waals surface area contributed by atoms with Crippen LogP contribution in [0.3, 0.4) is 0 Å². The van der Waals surface area contributed by atoms with Gasteiger partial charge in [0.15, 0.2) is 5.60 Å². The number of fused-ring (bicyclic) bond motifs is 8. The summed E-state index contributed by atoms with van der Waals surface area (Å²) in [5, 5.41) is 2.17. The van der Waals surface area contributed by atoms with Crippen LogP contribution in [0.15, 0.2) is 91.0 Å². The maximum Gasteiger partial charge on any atom is 0.178 e. The Kier molecular flexibility index (Phi) is 9.90. The maximum absolute atomic E-state index is 7.47. The first kappa shape index (κ1) is 34.8. The molecule has 0 aromatic heterocycles. The minimum Gasteiger partial charge on any atom is -0.497 e. The first-order valence-electron chi connectivity index (χ1n) is 17.3. The summed E-state index contributed by atoms with van der Waals surface area (Å²) < 4.78 is 41.4. The van der Waals surface area contributed by atoms with Crippen LogP contribution >= 0.6 is 0 Å². The first-order valence-corrected chi connectivity index (χ1v) is 17.3. The normalized spacial score (nSPS) is 16.7. The van der Waals surface area contributed by atoms with E-state index in [0.29, 0.717) is 39.6 Å². The number of aryl methyl sites for hydroxylation is 2. The SMILES string of the molecule is [CH]OCCOCCOCCOC1(C)c2cc(C)ccc2-c2c1c1c(c3cc(C)ccc23)OC(c2ccc(OC)cc2)(c2ccc(OC)cc2)C=C1. The second kappa shape index (κ2) is 14.5. The van der Waals surface area contributed by atoms with E-state index in [1.807, 2.05) is 24.3 Å². The predicted octanol–water partition coefficient (Wildman–Crippen LogP) is 8.80. The molecule has 7 rings (SSSR count). The van der Waals surface area contributed by atoms with Gasteiger partial charge in [0.05, 0.1) is 53.9 Å². The Morgan fingerprint density at radius 1 is 0.667 bits per heavy atom. The van der Waals surface area contributed by atoms with Gasteiger partial charge in [-0.3, -0.25) is 0 Å². The Morgan fingerprint density at radius 2 is 1.25 bits per heavy atom. The zero-order valence-corrected chi connectivity index (χ0v) is 29.9. The van der Waals surface area contributed by atoms with Gasteiger partial charge in [-0.15, -0.1) is 0 Å².